The van der Waals surface area contributed by atoms with Crippen LogP contribution in [0.4, 0.5) is 0 Å². The third-order valence-corrected chi connectivity index (χ3v) is 3.74. The smallest absolute Gasteiger partial charge is 0.303 e. The van der Waals surface area contributed by atoms with E-state index in [1.54, 1.807) is 0 Å². The average Bonchev–Trinajstić information content (AvgIpc) is 2.93. The second-order valence-corrected chi connectivity index (χ2v) is 5.39. The molecule has 1 aromatic carbocycles. The lowest BCUT2D eigenvalue weighted by molar-refractivity contribution is -0.137. The molecular formula is C15H16N2O3S. The van der Waals surface area contributed by atoms with Gasteiger partial charge in [-0.1, -0.05) is 30.3 Å². The number of carbonyl (C=O) groups excluding carboxylic acids is 1. The van der Waals surface area contributed by atoms with E-state index in [1.165, 1.54) is 11.3 Å². The van der Waals surface area contributed by atoms with Gasteiger partial charge in [-0.3, -0.25) is 9.59 Å². The maximum absolute atomic E-state index is 11.7. The number of rotatable bonds is 7. The zero-order valence-corrected chi connectivity index (χ0v) is 12.2. The van der Waals surface area contributed by atoms with Crippen LogP contribution in [0.5, 0.6) is 0 Å². The Morgan fingerprint density at radius 1 is 1.24 bits per heavy atom. The number of nitrogens with zero attached hydrogens (tertiary/aromatic N) is 1. The summed E-state index contributed by atoms with van der Waals surface area (Å²) in [5.41, 5.74) is 1.77. The first kappa shape index (κ1) is 15.2. The number of thiazole rings is 1. The Kier molecular flexibility index (Phi) is 5.45. The molecule has 0 aliphatic rings. The Bertz CT molecular complexity index is 610. The zero-order valence-electron chi connectivity index (χ0n) is 11.4. The highest BCUT2D eigenvalue weighted by Crippen LogP contribution is 2.23. The predicted molar refractivity (Wildman–Crippen MR) is 81.1 cm³/mol. The Hall–Kier alpha value is -2.21. The summed E-state index contributed by atoms with van der Waals surface area (Å²) < 4.78 is 0. The van der Waals surface area contributed by atoms with Crippen LogP contribution in [0, 0.1) is 0 Å². The predicted octanol–water partition coefficient (Wildman–Crippen LogP) is 2.33. The summed E-state index contributed by atoms with van der Waals surface area (Å²) >= 11 is 1.51. The second kappa shape index (κ2) is 7.54. The maximum Gasteiger partial charge on any atom is 0.303 e. The van der Waals surface area contributed by atoms with E-state index in [2.05, 4.69) is 10.3 Å². The monoisotopic (exact) mass is 304 g/mol. The van der Waals surface area contributed by atoms with Crippen LogP contribution in [0.3, 0.4) is 0 Å². The molecule has 0 aliphatic heterocycles. The van der Waals surface area contributed by atoms with E-state index in [9.17, 15) is 9.59 Å². The molecule has 6 heteroatoms. The van der Waals surface area contributed by atoms with Crippen molar-refractivity contribution in [2.45, 2.75) is 19.3 Å². The van der Waals surface area contributed by atoms with E-state index in [1.807, 2.05) is 35.7 Å². The molecule has 1 aromatic heterocycles. The first-order valence-electron chi connectivity index (χ1n) is 6.63. The van der Waals surface area contributed by atoms with E-state index in [-0.39, 0.29) is 18.7 Å². The molecule has 1 amide bonds. The van der Waals surface area contributed by atoms with Crippen LogP contribution in [-0.2, 0) is 16.0 Å². The molecular weight excluding hydrogens is 288 g/mol. The van der Waals surface area contributed by atoms with Crippen molar-refractivity contribution >= 4 is 23.2 Å². The fourth-order valence-corrected chi connectivity index (χ4v) is 2.62. The first-order valence-corrected chi connectivity index (χ1v) is 7.51. The van der Waals surface area contributed by atoms with Crippen LogP contribution in [0.25, 0.3) is 10.6 Å². The Morgan fingerprint density at radius 3 is 2.71 bits per heavy atom. The van der Waals surface area contributed by atoms with Gasteiger partial charge in [-0.05, 0) is 6.42 Å². The number of carboxylic acids is 1. The van der Waals surface area contributed by atoms with Crippen LogP contribution < -0.4 is 5.32 Å². The summed E-state index contributed by atoms with van der Waals surface area (Å²) in [6.07, 6.45) is 0.721. The molecule has 0 atom stereocenters. The third-order valence-electron chi connectivity index (χ3n) is 2.80. The summed E-state index contributed by atoms with van der Waals surface area (Å²) in [4.78, 5) is 26.5. The van der Waals surface area contributed by atoms with Crippen molar-refractivity contribution in [1.82, 2.24) is 10.3 Å². The second-order valence-electron chi connectivity index (χ2n) is 4.53. The van der Waals surface area contributed by atoms with Crippen molar-refractivity contribution < 1.29 is 14.7 Å². The summed E-state index contributed by atoms with van der Waals surface area (Å²) in [6, 6.07) is 9.81. The van der Waals surface area contributed by atoms with E-state index in [0.29, 0.717) is 13.0 Å². The SMILES string of the molecule is O=C(O)CCCNC(=O)Cc1csc(-c2ccccc2)n1. The van der Waals surface area contributed by atoms with E-state index < -0.39 is 5.97 Å². The number of hydrogen-bond acceptors (Lipinski definition) is 4. The molecule has 0 saturated carbocycles. The van der Waals surface area contributed by atoms with Gasteiger partial charge in [0.15, 0.2) is 0 Å². The lowest BCUT2D eigenvalue weighted by Crippen LogP contribution is -2.26. The third kappa shape index (κ3) is 5.00. The van der Waals surface area contributed by atoms with Gasteiger partial charge in [-0.2, -0.15) is 0 Å². The van der Waals surface area contributed by atoms with Crippen molar-refractivity contribution in [3.05, 3.63) is 41.4 Å². The molecule has 110 valence electrons. The molecule has 1 heterocycles. The molecule has 2 aromatic rings. The summed E-state index contributed by atoms with van der Waals surface area (Å²) in [5.74, 6) is -0.985. The highest BCUT2D eigenvalue weighted by molar-refractivity contribution is 7.13. The number of aliphatic carboxylic acids is 1. The van der Waals surface area contributed by atoms with Crippen LogP contribution in [0.1, 0.15) is 18.5 Å². The van der Waals surface area contributed by atoms with Gasteiger partial charge < -0.3 is 10.4 Å². The molecule has 2 rings (SSSR count). The largest absolute Gasteiger partial charge is 0.481 e. The van der Waals surface area contributed by atoms with E-state index in [0.717, 1.165) is 16.3 Å². The van der Waals surface area contributed by atoms with Crippen LogP contribution >= 0.6 is 11.3 Å². The quantitative estimate of drug-likeness (QED) is 0.769. The Morgan fingerprint density at radius 2 is 2.00 bits per heavy atom. The van der Waals surface area contributed by atoms with Gasteiger partial charge in [-0.25, -0.2) is 4.98 Å². The molecule has 0 unspecified atom stereocenters. The van der Waals surface area contributed by atoms with Gasteiger partial charge in [-0.15, -0.1) is 11.3 Å². The fraction of sp³-hybridized carbons (Fsp3) is 0.267. The molecule has 0 saturated heterocycles. The van der Waals surface area contributed by atoms with Gasteiger partial charge >= 0.3 is 5.97 Å². The minimum Gasteiger partial charge on any atom is -0.481 e. The number of nitrogens with one attached hydrogen (secondary N) is 1. The minimum absolute atomic E-state index is 0.0646. The lowest BCUT2D eigenvalue weighted by Gasteiger charge is -2.02. The van der Waals surface area contributed by atoms with Gasteiger partial charge in [0.05, 0.1) is 12.1 Å². The van der Waals surface area contributed by atoms with Gasteiger partial charge in [0, 0.05) is 23.9 Å². The van der Waals surface area contributed by atoms with Crippen molar-refractivity contribution in [1.29, 1.82) is 0 Å². The molecule has 2 N–H and O–H groups in total. The van der Waals surface area contributed by atoms with Crippen molar-refractivity contribution in [2.75, 3.05) is 6.54 Å². The molecule has 21 heavy (non-hydrogen) atoms. The molecule has 5 nitrogen and oxygen atoms in total. The topological polar surface area (TPSA) is 79.3 Å². The number of amides is 1. The average molecular weight is 304 g/mol. The normalized spacial score (nSPS) is 10.3. The summed E-state index contributed by atoms with van der Waals surface area (Å²) in [7, 11) is 0. The van der Waals surface area contributed by atoms with Crippen LogP contribution in [-0.4, -0.2) is 28.5 Å². The Balaban J connectivity index is 1.82. The first-order chi connectivity index (χ1) is 10.1. The highest BCUT2D eigenvalue weighted by atomic mass is 32.1. The van der Waals surface area contributed by atoms with Crippen LogP contribution in [0.2, 0.25) is 0 Å². The zero-order chi connectivity index (χ0) is 15.1. The molecule has 0 aliphatic carbocycles. The number of carbonyl (C=O) groups is 2. The maximum atomic E-state index is 11.7. The number of benzene rings is 1. The molecule has 0 fully saturated rings. The van der Waals surface area contributed by atoms with E-state index >= 15 is 0 Å². The number of hydrogen-bond donors (Lipinski definition) is 2. The van der Waals surface area contributed by atoms with Gasteiger partial charge in [0.1, 0.15) is 5.01 Å². The fourth-order valence-electron chi connectivity index (χ4n) is 1.80. The lowest BCUT2D eigenvalue weighted by atomic mass is 10.2. The molecule has 0 bridgehead atoms. The summed E-state index contributed by atoms with van der Waals surface area (Å²) in [5, 5.41) is 14.0. The number of aromatic nitrogens is 1. The minimum atomic E-state index is -0.851. The van der Waals surface area contributed by atoms with Crippen molar-refractivity contribution in [3.8, 4) is 10.6 Å². The van der Waals surface area contributed by atoms with Gasteiger partial charge in [0.25, 0.3) is 0 Å². The number of carboxylic acid groups (broad SMARTS) is 1. The Labute approximate surface area is 126 Å². The van der Waals surface area contributed by atoms with Crippen molar-refractivity contribution in [3.63, 3.8) is 0 Å². The van der Waals surface area contributed by atoms with Crippen molar-refractivity contribution in [2.24, 2.45) is 0 Å². The molecule has 0 spiro atoms. The van der Waals surface area contributed by atoms with Crippen LogP contribution in [0.15, 0.2) is 35.7 Å². The summed E-state index contributed by atoms with van der Waals surface area (Å²) in [6.45, 7) is 0.376. The van der Waals surface area contributed by atoms with E-state index in [4.69, 9.17) is 5.11 Å². The highest BCUT2D eigenvalue weighted by Gasteiger charge is 2.08. The van der Waals surface area contributed by atoms with Gasteiger partial charge in [0.2, 0.25) is 5.91 Å². The molecule has 0 radical (unpaired) electrons. The standard InChI is InChI=1S/C15H16N2O3S/c18-13(16-8-4-7-14(19)20)9-12-10-21-15(17-12)11-5-2-1-3-6-11/h1-3,5-6,10H,4,7-9H2,(H,16,18)(H,19,20).